The second-order valence-electron chi connectivity index (χ2n) is 6.47. The smallest absolute Gasteiger partial charge is 0.161 e. The lowest BCUT2D eigenvalue weighted by atomic mass is 9.99. The van der Waals surface area contributed by atoms with Gasteiger partial charge in [0.25, 0.3) is 0 Å². The fourth-order valence-electron chi connectivity index (χ4n) is 3.71. The molecular formula is C18H29ClN2O2. The third-order valence-corrected chi connectivity index (χ3v) is 4.92. The zero-order chi connectivity index (χ0) is 15.4. The van der Waals surface area contributed by atoms with Crippen LogP contribution in [0.3, 0.4) is 0 Å². The summed E-state index contributed by atoms with van der Waals surface area (Å²) in [6, 6.07) is 10.1. The Balaban J connectivity index is 0.00000192. The third-order valence-electron chi connectivity index (χ3n) is 4.92. The van der Waals surface area contributed by atoms with Gasteiger partial charge in [0.05, 0.1) is 6.61 Å². The van der Waals surface area contributed by atoms with Crippen molar-refractivity contribution < 1.29 is 9.47 Å². The average Bonchev–Trinajstić information content (AvgIpc) is 2.87. The first-order valence-corrected chi connectivity index (χ1v) is 8.57. The third kappa shape index (κ3) is 4.75. The molecule has 0 spiro atoms. The van der Waals surface area contributed by atoms with Crippen LogP contribution in [-0.2, 0) is 0 Å². The molecule has 5 heteroatoms. The highest BCUT2D eigenvalue weighted by Gasteiger charge is 2.34. The van der Waals surface area contributed by atoms with Crippen molar-refractivity contribution in [3.8, 4) is 11.5 Å². The summed E-state index contributed by atoms with van der Waals surface area (Å²) in [5.41, 5.74) is 0. The van der Waals surface area contributed by atoms with E-state index in [2.05, 4.69) is 17.3 Å². The normalized spacial score (nSPS) is 26.0. The minimum absolute atomic E-state index is 0. The molecule has 0 aromatic heterocycles. The molecule has 2 saturated heterocycles. The summed E-state index contributed by atoms with van der Waals surface area (Å²) in [5, 5.41) is 3.70. The maximum atomic E-state index is 5.94. The molecule has 1 aromatic carbocycles. The van der Waals surface area contributed by atoms with Gasteiger partial charge < -0.3 is 14.8 Å². The summed E-state index contributed by atoms with van der Waals surface area (Å²) < 4.78 is 11.5. The van der Waals surface area contributed by atoms with E-state index < -0.39 is 0 Å². The summed E-state index contributed by atoms with van der Waals surface area (Å²) in [6.07, 6.45) is 5.27. The van der Waals surface area contributed by atoms with E-state index in [1.165, 1.54) is 25.7 Å². The second-order valence-corrected chi connectivity index (χ2v) is 6.47. The Kier molecular flexibility index (Phi) is 7.00. The maximum Gasteiger partial charge on any atom is 0.161 e. The molecule has 1 N–H and O–H groups in total. The number of rotatable bonds is 7. The molecule has 0 amide bonds. The molecule has 2 aliphatic heterocycles. The van der Waals surface area contributed by atoms with Gasteiger partial charge in [-0.1, -0.05) is 12.1 Å². The Hall–Kier alpha value is -0.970. The lowest BCUT2D eigenvalue weighted by molar-refractivity contribution is 0.145. The Morgan fingerprint density at radius 2 is 1.70 bits per heavy atom. The average molecular weight is 341 g/mol. The molecule has 23 heavy (non-hydrogen) atoms. The number of fused-ring (bicyclic) bond motifs is 2. The number of nitrogens with one attached hydrogen (secondary N) is 1. The number of hydrogen-bond donors (Lipinski definition) is 1. The van der Waals surface area contributed by atoms with Gasteiger partial charge in [0.15, 0.2) is 11.5 Å². The molecule has 1 aromatic rings. The molecule has 130 valence electrons. The summed E-state index contributed by atoms with van der Waals surface area (Å²) >= 11 is 0. The quantitative estimate of drug-likeness (QED) is 0.827. The Labute approximate surface area is 145 Å². The van der Waals surface area contributed by atoms with Gasteiger partial charge in [-0.15, -0.1) is 12.4 Å². The molecule has 2 unspecified atom stereocenters. The van der Waals surface area contributed by atoms with Gasteiger partial charge in [0.2, 0.25) is 0 Å². The highest BCUT2D eigenvalue weighted by Crippen LogP contribution is 2.29. The van der Waals surface area contributed by atoms with Crippen molar-refractivity contribution in [2.24, 2.45) is 0 Å². The van der Waals surface area contributed by atoms with Crippen LogP contribution in [0.5, 0.6) is 11.5 Å². The van der Waals surface area contributed by atoms with E-state index in [4.69, 9.17) is 9.47 Å². The first-order chi connectivity index (χ1) is 10.8. The van der Waals surface area contributed by atoms with Crippen molar-refractivity contribution in [2.45, 2.75) is 50.7 Å². The van der Waals surface area contributed by atoms with Gasteiger partial charge in [-0.25, -0.2) is 0 Å². The van der Waals surface area contributed by atoms with Gasteiger partial charge in [-0.2, -0.15) is 0 Å². The van der Waals surface area contributed by atoms with Crippen LogP contribution in [0.4, 0.5) is 0 Å². The number of benzene rings is 1. The first-order valence-electron chi connectivity index (χ1n) is 8.57. The number of hydrogen-bond acceptors (Lipinski definition) is 4. The monoisotopic (exact) mass is 340 g/mol. The second kappa shape index (κ2) is 8.76. The number of para-hydroxylation sites is 2. The summed E-state index contributed by atoms with van der Waals surface area (Å²) in [4.78, 5) is 2.47. The summed E-state index contributed by atoms with van der Waals surface area (Å²) in [7, 11) is 2.23. The molecule has 3 rings (SSSR count). The van der Waals surface area contributed by atoms with E-state index >= 15 is 0 Å². The lowest BCUT2D eigenvalue weighted by Gasteiger charge is -2.35. The van der Waals surface area contributed by atoms with Gasteiger partial charge in [0.1, 0.15) is 6.61 Å². The highest BCUT2D eigenvalue weighted by molar-refractivity contribution is 5.85. The van der Waals surface area contributed by atoms with E-state index in [1.54, 1.807) is 0 Å². The molecule has 2 atom stereocenters. The van der Waals surface area contributed by atoms with Crippen molar-refractivity contribution in [3.05, 3.63) is 24.3 Å². The van der Waals surface area contributed by atoms with Crippen LogP contribution < -0.4 is 14.8 Å². The maximum absolute atomic E-state index is 5.94. The first kappa shape index (κ1) is 18.4. The highest BCUT2D eigenvalue weighted by atomic mass is 35.5. The van der Waals surface area contributed by atoms with Crippen molar-refractivity contribution in [1.82, 2.24) is 10.2 Å². The van der Waals surface area contributed by atoms with Crippen LogP contribution in [0.1, 0.15) is 32.6 Å². The number of halogens is 1. The lowest BCUT2D eigenvalue weighted by Crippen LogP contribution is -2.47. The van der Waals surface area contributed by atoms with E-state index in [-0.39, 0.29) is 12.4 Å². The van der Waals surface area contributed by atoms with E-state index in [9.17, 15) is 0 Å². The largest absolute Gasteiger partial charge is 0.490 e. The van der Waals surface area contributed by atoms with Crippen molar-refractivity contribution in [3.63, 3.8) is 0 Å². The van der Waals surface area contributed by atoms with Crippen LogP contribution in [0, 0.1) is 0 Å². The predicted molar refractivity (Wildman–Crippen MR) is 96.0 cm³/mol. The van der Waals surface area contributed by atoms with Gasteiger partial charge in [0, 0.05) is 24.7 Å². The molecule has 2 heterocycles. The topological polar surface area (TPSA) is 33.7 Å². The Bertz CT molecular complexity index is 474. The van der Waals surface area contributed by atoms with Crippen molar-refractivity contribution >= 4 is 12.4 Å². The van der Waals surface area contributed by atoms with Crippen LogP contribution in [-0.4, -0.2) is 49.8 Å². The predicted octanol–water partition coefficient (Wildman–Crippen LogP) is 3.10. The van der Waals surface area contributed by atoms with Crippen LogP contribution in [0.2, 0.25) is 0 Å². The minimum Gasteiger partial charge on any atom is -0.490 e. The molecule has 4 nitrogen and oxygen atoms in total. The van der Waals surface area contributed by atoms with Crippen molar-refractivity contribution in [2.75, 3.05) is 26.8 Å². The fourth-order valence-corrected chi connectivity index (χ4v) is 3.71. The molecule has 0 saturated carbocycles. The number of likely N-dealkylation sites (N-methyl/N-ethyl adjacent to an activating group) is 1. The summed E-state index contributed by atoms with van der Waals surface area (Å²) in [6.45, 7) is 4.33. The standard InChI is InChI=1S/C18H28N2O2.ClH/c1-3-21-17-6-4-5-7-18(17)22-11-10-20(2)16-12-14-8-9-15(13-16)19-14;/h4-7,14-16,19H,3,8-13H2,1-2H3;1H. The van der Waals surface area contributed by atoms with Crippen molar-refractivity contribution in [1.29, 1.82) is 0 Å². The van der Waals surface area contributed by atoms with E-state index in [0.717, 1.165) is 30.1 Å². The SMILES string of the molecule is CCOc1ccccc1OCCN(C)C1CC2CCC(C1)N2.Cl. The fraction of sp³-hybridized carbons (Fsp3) is 0.667. The summed E-state index contributed by atoms with van der Waals surface area (Å²) in [5.74, 6) is 1.69. The minimum atomic E-state index is 0. The van der Waals surface area contributed by atoms with Crippen LogP contribution >= 0.6 is 12.4 Å². The zero-order valence-corrected chi connectivity index (χ0v) is 15.0. The Morgan fingerprint density at radius 1 is 1.09 bits per heavy atom. The van der Waals surface area contributed by atoms with Crippen LogP contribution in [0.25, 0.3) is 0 Å². The van der Waals surface area contributed by atoms with Gasteiger partial charge >= 0.3 is 0 Å². The molecule has 2 aliphatic rings. The number of ether oxygens (including phenoxy) is 2. The molecule has 0 radical (unpaired) electrons. The molecule has 2 bridgehead atoms. The van der Waals surface area contributed by atoms with Gasteiger partial charge in [-0.3, -0.25) is 4.90 Å². The zero-order valence-electron chi connectivity index (χ0n) is 14.2. The Morgan fingerprint density at radius 3 is 2.30 bits per heavy atom. The molecule has 0 aliphatic carbocycles. The van der Waals surface area contributed by atoms with Crippen LogP contribution in [0.15, 0.2) is 24.3 Å². The number of nitrogens with zero attached hydrogens (tertiary/aromatic N) is 1. The van der Waals surface area contributed by atoms with E-state index in [0.29, 0.717) is 19.3 Å². The van der Waals surface area contributed by atoms with E-state index in [1.807, 2.05) is 31.2 Å². The number of piperidine rings is 1. The molecule has 2 fully saturated rings. The van der Waals surface area contributed by atoms with Gasteiger partial charge in [-0.05, 0) is 51.8 Å². The molecular weight excluding hydrogens is 312 g/mol.